The number of aliphatic hydroxyl groups excluding tert-OH is 1. The molecule has 0 radical (unpaired) electrons. The molecule has 1 amide bonds. The summed E-state index contributed by atoms with van der Waals surface area (Å²) in [5.41, 5.74) is 0. The van der Waals surface area contributed by atoms with Gasteiger partial charge in [0.15, 0.2) is 0 Å². The molecule has 1 aliphatic heterocycles. The Morgan fingerprint density at radius 2 is 2.26 bits per heavy atom. The third-order valence-electron chi connectivity index (χ3n) is 4.49. The summed E-state index contributed by atoms with van der Waals surface area (Å²) in [6.07, 6.45) is 8.17. The van der Waals surface area contributed by atoms with Gasteiger partial charge in [0.05, 0.1) is 12.1 Å². The SMILES string of the molecule is CCC#CCCC(O)C=CC1CCC(=O)N1CCCc1ccc(C(=O)O)s1. The predicted molar refractivity (Wildman–Crippen MR) is 107 cm³/mol. The molecule has 1 fully saturated rings. The number of likely N-dealkylation sites (tertiary alicyclic amines) is 1. The van der Waals surface area contributed by atoms with E-state index in [9.17, 15) is 14.7 Å². The number of aryl methyl sites for hydroxylation is 1. The van der Waals surface area contributed by atoms with Crippen molar-refractivity contribution in [2.75, 3.05) is 6.54 Å². The Bertz CT molecular complexity index is 728. The summed E-state index contributed by atoms with van der Waals surface area (Å²) in [5, 5.41) is 19.0. The van der Waals surface area contributed by atoms with Crippen LogP contribution in [0.4, 0.5) is 0 Å². The van der Waals surface area contributed by atoms with Crippen LogP contribution in [-0.2, 0) is 11.2 Å². The van der Waals surface area contributed by atoms with Gasteiger partial charge in [-0.3, -0.25) is 4.79 Å². The number of amides is 1. The molecule has 1 aromatic heterocycles. The van der Waals surface area contributed by atoms with E-state index in [1.54, 1.807) is 12.1 Å². The molecule has 1 aliphatic rings. The van der Waals surface area contributed by atoms with Crippen molar-refractivity contribution in [3.63, 3.8) is 0 Å². The monoisotopic (exact) mass is 389 g/mol. The molecule has 2 rings (SSSR count). The maximum atomic E-state index is 12.1. The summed E-state index contributed by atoms with van der Waals surface area (Å²) in [7, 11) is 0. The van der Waals surface area contributed by atoms with Gasteiger partial charge in [-0.25, -0.2) is 4.79 Å². The second-order valence-corrected chi connectivity index (χ2v) is 7.73. The highest BCUT2D eigenvalue weighted by molar-refractivity contribution is 7.13. The number of aromatic carboxylic acids is 1. The number of carbonyl (C=O) groups is 2. The van der Waals surface area contributed by atoms with Crippen LogP contribution in [0.25, 0.3) is 0 Å². The van der Waals surface area contributed by atoms with Gasteiger partial charge >= 0.3 is 5.97 Å². The van der Waals surface area contributed by atoms with E-state index in [2.05, 4.69) is 11.8 Å². The fourth-order valence-electron chi connectivity index (χ4n) is 3.08. The molecule has 2 unspecified atom stereocenters. The van der Waals surface area contributed by atoms with Crippen LogP contribution in [0.15, 0.2) is 24.3 Å². The predicted octanol–water partition coefficient (Wildman–Crippen LogP) is 3.48. The van der Waals surface area contributed by atoms with E-state index in [4.69, 9.17) is 5.11 Å². The molecular formula is C21H27NO4S. The Kier molecular flexibility index (Phi) is 8.56. The molecule has 6 heteroatoms. The van der Waals surface area contributed by atoms with Crippen molar-refractivity contribution in [2.45, 2.75) is 64.0 Å². The Morgan fingerprint density at radius 1 is 1.44 bits per heavy atom. The third-order valence-corrected chi connectivity index (χ3v) is 5.62. The number of carboxylic acid groups (broad SMARTS) is 1. The first-order valence-corrected chi connectivity index (χ1v) is 10.3. The molecule has 0 aliphatic carbocycles. The summed E-state index contributed by atoms with van der Waals surface area (Å²) in [5.74, 6) is 5.25. The summed E-state index contributed by atoms with van der Waals surface area (Å²) in [6.45, 7) is 2.64. The average molecular weight is 390 g/mol. The lowest BCUT2D eigenvalue weighted by molar-refractivity contribution is -0.128. The van der Waals surface area contributed by atoms with E-state index in [-0.39, 0.29) is 11.9 Å². The Hall–Kier alpha value is -2.10. The zero-order valence-corrected chi connectivity index (χ0v) is 16.5. The van der Waals surface area contributed by atoms with Gasteiger partial charge < -0.3 is 15.1 Å². The minimum absolute atomic E-state index is 0.0341. The normalized spacial score (nSPS) is 17.9. The summed E-state index contributed by atoms with van der Waals surface area (Å²) < 4.78 is 0. The number of thiophene rings is 1. The van der Waals surface area contributed by atoms with Crippen molar-refractivity contribution >= 4 is 23.2 Å². The molecule has 1 saturated heterocycles. The van der Waals surface area contributed by atoms with Gasteiger partial charge in [0.1, 0.15) is 4.88 Å². The molecule has 0 spiro atoms. The zero-order valence-electron chi connectivity index (χ0n) is 15.7. The molecular weight excluding hydrogens is 362 g/mol. The van der Waals surface area contributed by atoms with E-state index in [1.807, 2.05) is 24.0 Å². The number of rotatable bonds is 9. The first kappa shape index (κ1) is 21.2. The van der Waals surface area contributed by atoms with Crippen LogP contribution in [0, 0.1) is 11.8 Å². The van der Waals surface area contributed by atoms with Crippen LogP contribution >= 0.6 is 11.3 Å². The molecule has 2 N–H and O–H groups in total. The zero-order chi connectivity index (χ0) is 19.6. The van der Waals surface area contributed by atoms with E-state index < -0.39 is 12.1 Å². The number of hydrogen-bond acceptors (Lipinski definition) is 4. The number of carboxylic acids is 1. The molecule has 27 heavy (non-hydrogen) atoms. The number of nitrogens with zero attached hydrogens (tertiary/aromatic N) is 1. The number of aliphatic hydroxyl groups is 1. The van der Waals surface area contributed by atoms with Gasteiger partial charge in [-0.1, -0.05) is 19.1 Å². The van der Waals surface area contributed by atoms with Crippen molar-refractivity contribution in [1.29, 1.82) is 0 Å². The maximum Gasteiger partial charge on any atom is 0.345 e. The first-order chi connectivity index (χ1) is 13.0. The smallest absolute Gasteiger partial charge is 0.345 e. The van der Waals surface area contributed by atoms with Crippen LogP contribution in [0.1, 0.15) is 60.0 Å². The second-order valence-electron chi connectivity index (χ2n) is 6.57. The molecule has 1 aromatic rings. The van der Waals surface area contributed by atoms with Crippen LogP contribution in [-0.4, -0.2) is 45.7 Å². The Labute approximate surface area is 164 Å². The lowest BCUT2D eigenvalue weighted by Gasteiger charge is -2.22. The van der Waals surface area contributed by atoms with E-state index in [1.165, 1.54) is 11.3 Å². The summed E-state index contributed by atoms with van der Waals surface area (Å²) in [6, 6.07) is 3.50. The first-order valence-electron chi connectivity index (χ1n) is 9.44. The highest BCUT2D eigenvalue weighted by Gasteiger charge is 2.28. The van der Waals surface area contributed by atoms with E-state index in [0.29, 0.717) is 30.7 Å². The fraction of sp³-hybridized carbons (Fsp3) is 0.524. The summed E-state index contributed by atoms with van der Waals surface area (Å²) in [4.78, 5) is 26.3. The maximum absolute atomic E-state index is 12.1. The molecule has 0 aromatic carbocycles. The van der Waals surface area contributed by atoms with Crippen LogP contribution in [0.5, 0.6) is 0 Å². The van der Waals surface area contributed by atoms with Crippen molar-refractivity contribution in [2.24, 2.45) is 0 Å². The van der Waals surface area contributed by atoms with E-state index >= 15 is 0 Å². The van der Waals surface area contributed by atoms with Crippen LogP contribution in [0.2, 0.25) is 0 Å². The van der Waals surface area contributed by atoms with Gasteiger partial charge in [0.25, 0.3) is 0 Å². The third kappa shape index (κ3) is 6.85. The van der Waals surface area contributed by atoms with Crippen LogP contribution in [0.3, 0.4) is 0 Å². The average Bonchev–Trinajstić information content (AvgIpc) is 3.25. The highest BCUT2D eigenvalue weighted by atomic mass is 32.1. The van der Waals surface area contributed by atoms with Crippen molar-refractivity contribution < 1.29 is 19.8 Å². The van der Waals surface area contributed by atoms with Gasteiger partial charge in [-0.15, -0.1) is 23.2 Å². The Balaban J connectivity index is 1.80. The molecule has 0 bridgehead atoms. The fourth-order valence-corrected chi connectivity index (χ4v) is 3.97. The van der Waals surface area contributed by atoms with Gasteiger partial charge in [-0.2, -0.15) is 0 Å². The summed E-state index contributed by atoms with van der Waals surface area (Å²) >= 11 is 1.29. The highest BCUT2D eigenvalue weighted by Crippen LogP contribution is 2.22. The minimum Gasteiger partial charge on any atom is -0.477 e. The minimum atomic E-state index is -0.898. The lowest BCUT2D eigenvalue weighted by Crippen LogP contribution is -2.33. The molecule has 2 heterocycles. The Morgan fingerprint density at radius 3 is 2.96 bits per heavy atom. The largest absolute Gasteiger partial charge is 0.477 e. The molecule has 146 valence electrons. The molecule has 0 saturated carbocycles. The number of hydrogen-bond donors (Lipinski definition) is 2. The van der Waals surface area contributed by atoms with Gasteiger partial charge in [0.2, 0.25) is 5.91 Å². The van der Waals surface area contributed by atoms with E-state index in [0.717, 1.165) is 30.6 Å². The van der Waals surface area contributed by atoms with Crippen molar-refractivity contribution in [1.82, 2.24) is 4.90 Å². The molecule has 2 atom stereocenters. The van der Waals surface area contributed by atoms with Gasteiger partial charge in [0, 0.05) is 30.7 Å². The quantitative estimate of drug-likeness (QED) is 0.501. The number of carbonyl (C=O) groups excluding carboxylic acids is 1. The van der Waals surface area contributed by atoms with Gasteiger partial charge in [-0.05, 0) is 37.8 Å². The lowest BCUT2D eigenvalue weighted by atomic mass is 10.1. The second kappa shape index (κ2) is 10.9. The van der Waals surface area contributed by atoms with Crippen LogP contribution < -0.4 is 0 Å². The van der Waals surface area contributed by atoms with Crippen molar-refractivity contribution in [3.05, 3.63) is 34.0 Å². The standard InChI is InChI=1S/C21H27NO4S/c1-2-3-4-5-7-17(23)11-9-16-10-14-20(24)22(16)15-6-8-18-12-13-19(27-18)21(25)26/h9,11-13,16-17,23H,2,5-8,10,14-15H2,1H3,(H,25,26). The van der Waals surface area contributed by atoms with Crippen molar-refractivity contribution in [3.8, 4) is 11.8 Å². The molecule has 5 nitrogen and oxygen atoms in total. The topological polar surface area (TPSA) is 77.8 Å².